The van der Waals surface area contributed by atoms with Crippen LogP contribution in [0, 0.1) is 0 Å². The lowest BCUT2D eigenvalue weighted by Gasteiger charge is -2.12. The van der Waals surface area contributed by atoms with Gasteiger partial charge in [-0.15, -0.1) is 0 Å². The van der Waals surface area contributed by atoms with Crippen molar-refractivity contribution in [2.75, 3.05) is 13.2 Å². The summed E-state index contributed by atoms with van der Waals surface area (Å²) in [7, 11) is -3.18. The number of ether oxygens (including phenoxy) is 1. The van der Waals surface area contributed by atoms with Gasteiger partial charge >= 0.3 is 13.6 Å². The summed E-state index contributed by atoms with van der Waals surface area (Å²) in [6.07, 6.45) is 2.82. The van der Waals surface area contributed by atoms with E-state index in [1.807, 2.05) is 0 Å². The van der Waals surface area contributed by atoms with Crippen molar-refractivity contribution in [2.45, 2.75) is 27.7 Å². The van der Waals surface area contributed by atoms with Gasteiger partial charge in [0.25, 0.3) is 0 Å². The molecule has 0 saturated heterocycles. The van der Waals surface area contributed by atoms with Crippen molar-refractivity contribution in [3.8, 4) is 0 Å². The van der Waals surface area contributed by atoms with Crippen LogP contribution >= 0.6 is 7.60 Å². The zero-order valence-corrected chi connectivity index (χ0v) is 11.5. The first-order valence-corrected chi connectivity index (χ1v) is 6.96. The molecule has 6 heteroatoms. The van der Waals surface area contributed by atoms with Gasteiger partial charge in [0.05, 0.1) is 19.5 Å². The maximum Gasteiger partial charge on any atom is 0.354 e. The Morgan fingerprint density at radius 2 is 1.71 bits per heavy atom. The molecule has 17 heavy (non-hydrogen) atoms. The fourth-order valence-electron chi connectivity index (χ4n) is 0.907. The van der Waals surface area contributed by atoms with Gasteiger partial charge in [0, 0.05) is 12.7 Å². The van der Waals surface area contributed by atoms with Crippen LogP contribution in [0.4, 0.5) is 0 Å². The number of esters is 1. The normalized spacial score (nSPS) is 13.1. The largest absolute Gasteiger partial charge is 0.434 e. The zero-order valence-electron chi connectivity index (χ0n) is 10.6. The summed E-state index contributed by atoms with van der Waals surface area (Å²) in [6, 6.07) is 0. The number of rotatable bonds is 7. The van der Waals surface area contributed by atoms with Crippen molar-refractivity contribution in [3.63, 3.8) is 0 Å². The molecule has 0 rings (SSSR count). The Morgan fingerprint density at radius 3 is 2.12 bits per heavy atom. The number of carbonyl (C=O) groups is 1. The van der Waals surface area contributed by atoms with Crippen LogP contribution in [0.1, 0.15) is 27.7 Å². The second-order valence-electron chi connectivity index (χ2n) is 3.16. The molecule has 0 fully saturated rings. The van der Waals surface area contributed by atoms with Gasteiger partial charge in [-0.1, -0.05) is 0 Å². The quantitative estimate of drug-likeness (QED) is 0.305. The highest BCUT2D eigenvalue weighted by molar-refractivity contribution is 7.57. The third kappa shape index (κ3) is 7.91. The first-order chi connectivity index (χ1) is 7.93. The Morgan fingerprint density at radius 1 is 1.18 bits per heavy atom. The summed E-state index contributed by atoms with van der Waals surface area (Å²) < 4.78 is 26.8. The van der Waals surface area contributed by atoms with Crippen LogP contribution in [0.15, 0.2) is 23.7 Å². The summed E-state index contributed by atoms with van der Waals surface area (Å²) in [5.74, 6) is 0.950. The summed E-state index contributed by atoms with van der Waals surface area (Å²) in [5, 5.41) is 0. The van der Waals surface area contributed by atoms with Crippen LogP contribution in [0.25, 0.3) is 0 Å². The number of carbonyl (C=O) groups excluding carboxylic acids is 1. The molecule has 98 valence electrons. The number of allylic oxidation sites excluding steroid dienone is 2. The maximum absolute atomic E-state index is 12.0. The molecule has 0 atom stereocenters. The highest BCUT2D eigenvalue weighted by Crippen LogP contribution is 2.49. The maximum atomic E-state index is 12.0. The van der Waals surface area contributed by atoms with Crippen molar-refractivity contribution in [1.82, 2.24) is 0 Å². The second-order valence-corrected chi connectivity index (χ2v) is 5.06. The molecule has 0 unspecified atom stereocenters. The van der Waals surface area contributed by atoms with Crippen LogP contribution in [-0.4, -0.2) is 19.2 Å². The SMILES string of the molecule is CCOP(=O)(/C=C/C(C)=C/OC(C)=O)OCC. The van der Waals surface area contributed by atoms with Crippen LogP contribution in [0.5, 0.6) is 0 Å². The Bertz CT molecular complexity index is 336. The van der Waals surface area contributed by atoms with Crippen LogP contribution in [-0.2, 0) is 23.1 Å². The van der Waals surface area contributed by atoms with Crippen molar-refractivity contribution in [2.24, 2.45) is 0 Å². The lowest BCUT2D eigenvalue weighted by atomic mass is 10.3. The lowest BCUT2D eigenvalue weighted by molar-refractivity contribution is -0.135. The first kappa shape index (κ1) is 16.1. The molecule has 0 saturated carbocycles. The van der Waals surface area contributed by atoms with Crippen molar-refractivity contribution < 1.29 is 23.1 Å². The van der Waals surface area contributed by atoms with E-state index in [1.54, 1.807) is 20.8 Å². The molecule has 0 radical (unpaired) electrons. The topological polar surface area (TPSA) is 61.8 Å². The van der Waals surface area contributed by atoms with E-state index in [0.717, 1.165) is 0 Å². The third-order valence-electron chi connectivity index (χ3n) is 1.55. The molecule has 0 heterocycles. The minimum absolute atomic E-state index is 0.300. The molecule has 0 bridgehead atoms. The Balaban J connectivity index is 4.59. The molecular weight excluding hydrogens is 243 g/mol. The van der Waals surface area contributed by atoms with Gasteiger partial charge in [-0.05, 0) is 32.4 Å². The van der Waals surface area contributed by atoms with Gasteiger partial charge in [-0.3, -0.25) is 9.36 Å². The first-order valence-electron chi connectivity index (χ1n) is 5.35. The molecule has 0 aliphatic rings. The standard InChI is InChI=1S/C11H19O5P/c1-5-15-17(13,16-6-2)8-7-10(3)9-14-11(4)12/h7-9H,5-6H2,1-4H3/b8-7+,10-9+. The van der Waals surface area contributed by atoms with Crippen LogP contribution < -0.4 is 0 Å². The lowest BCUT2D eigenvalue weighted by Crippen LogP contribution is -1.93. The van der Waals surface area contributed by atoms with Gasteiger partial charge in [-0.25, -0.2) is 0 Å². The summed E-state index contributed by atoms with van der Waals surface area (Å²) in [5.41, 5.74) is 0.639. The van der Waals surface area contributed by atoms with Crippen molar-refractivity contribution in [1.29, 1.82) is 0 Å². The molecule has 0 aromatic carbocycles. The van der Waals surface area contributed by atoms with Gasteiger partial charge in [0.15, 0.2) is 0 Å². The summed E-state index contributed by atoms with van der Waals surface area (Å²) in [6.45, 7) is 7.09. The van der Waals surface area contributed by atoms with Gasteiger partial charge in [0.2, 0.25) is 0 Å². The van der Waals surface area contributed by atoms with Gasteiger partial charge in [0.1, 0.15) is 0 Å². The van der Waals surface area contributed by atoms with Crippen molar-refractivity contribution >= 4 is 13.6 Å². The van der Waals surface area contributed by atoms with E-state index in [1.165, 1.54) is 25.1 Å². The molecule has 0 aromatic rings. The average Bonchev–Trinajstić information content (AvgIpc) is 2.24. The smallest absolute Gasteiger partial charge is 0.354 e. The molecule has 0 aliphatic carbocycles. The highest BCUT2D eigenvalue weighted by atomic mass is 31.2. The molecule has 0 amide bonds. The van der Waals surface area contributed by atoms with E-state index in [4.69, 9.17) is 9.05 Å². The predicted molar refractivity (Wildman–Crippen MR) is 65.5 cm³/mol. The third-order valence-corrected chi connectivity index (χ3v) is 3.30. The monoisotopic (exact) mass is 262 g/mol. The van der Waals surface area contributed by atoms with E-state index in [2.05, 4.69) is 4.74 Å². The second kappa shape index (κ2) is 8.23. The Hall–Kier alpha value is -0.900. The number of hydrogen-bond acceptors (Lipinski definition) is 5. The van der Waals surface area contributed by atoms with E-state index >= 15 is 0 Å². The van der Waals surface area contributed by atoms with Crippen LogP contribution in [0.3, 0.4) is 0 Å². The number of hydrogen-bond donors (Lipinski definition) is 0. The van der Waals surface area contributed by atoms with Gasteiger partial charge in [-0.2, -0.15) is 0 Å². The highest BCUT2D eigenvalue weighted by Gasteiger charge is 2.18. The minimum atomic E-state index is -3.18. The predicted octanol–water partition coefficient (Wildman–Crippen LogP) is 3.23. The molecule has 0 spiro atoms. The fourth-order valence-corrected chi connectivity index (χ4v) is 2.29. The average molecular weight is 262 g/mol. The Kier molecular flexibility index (Phi) is 7.79. The molecule has 5 nitrogen and oxygen atoms in total. The molecule has 0 aliphatic heterocycles. The van der Waals surface area contributed by atoms with Crippen LogP contribution in [0.2, 0.25) is 0 Å². The Labute approximate surface area is 102 Å². The zero-order chi connectivity index (χ0) is 13.3. The van der Waals surface area contributed by atoms with E-state index < -0.39 is 13.6 Å². The summed E-state index contributed by atoms with van der Waals surface area (Å²) in [4.78, 5) is 10.6. The van der Waals surface area contributed by atoms with E-state index in [9.17, 15) is 9.36 Å². The molecule has 0 aromatic heterocycles. The molecule has 0 N–H and O–H groups in total. The van der Waals surface area contributed by atoms with Gasteiger partial charge < -0.3 is 13.8 Å². The van der Waals surface area contributed by atoms with E-state index in [-0.39, 0.29) is 0 Å². The summed E-state index contributed by atoms with van der Waals surface area (Å²) >= 11 is 0. The minimum Gasteiger partial charge on any atom is -0.434 e. The molecular formula is C11H19O5P. The van der Waals surface area contributed by atoms with E-state index in [0.29, 0.717) is 18.8 Å². The van der Waals surface area contributed by atoms with Crippen molar-refractivity contribution in [3.05, 3.63) is 23.7 Å². The fraction of sp³-hybridized carbons (Fsp3) is 0.545.